The number of anilines is 1. The van der Waals surface area contributed by atoms with Gasteiger partial charge in [0, 0.05) is 31.5 Å². The summed E-state index contributed by atoms with van der Waals surface area (Å²) in [6.07, 6.45) is 5.98. The second-order valence-electron chi connectivity index (χ2n) is 5.94. The Balaban J connectivity index is 2.66. The average molecular weight is 361 g/mol. The van der Waals surface area contributed by atoms with Crippen LogP contribution in [-0.2, 0) is 4.79 Å². The molecule has 0 saturated heterocycles. The fourth-order valence-electron chi connectivity index (χ4n) is 2.33. The first kappa shape index (κ1) is 21.5. The third-order valence-electron chi connectivity index (χ3n) is 4.15. The number of hydrogen-bond donors (Lipinski definition) is 2. The number of allylic oxidation sites excluding steroid dienone is 1. The molecule has 1 atom stereocenters. The van der Waals surface area contributed by atoms with Crippen LogP contribution in [-0.4, -0.2) is 53.6 Å². The Hall–Kier alpha value is -2.54. The first-order valence-corrected chi connectivity index (χ1v) is 8.60. The highest BCUT2D eigenvalue weighted by Crippen LogP contribution is 2.19. The van der Waals surface area contributed by atoms with Crippen LogP contribution in [0.25, 0.3) is 0 Å². The molecule has 0 fully saturated rings. The maximum absolute atomic E-state index is 12.9. The highest BCUT2D eigenvalue weighted by molar-refractivity contribution is 5.78. The number of amides is 1. The van der Waals surface area contributed by atoms with Gasteiger partial charge in [-0.2, -0.15) is 0 Å². The quantitative estimate of drug-likeness (QED) is 0.468. The van der Waals surface area contributed by atoms with Crippen molar-refractivity contribution >= 4 is 17.9 Å². The maximum atomic E-state index is 12.9. The lowest BCUT2D eigenvalue weighted by Crippen LogP contribution is -2.40. The van der Waals surface area contributed by atoms with Crippen molar-refractivity contribution in [2.75, 3.05) is 32.0 Å². The largest absolute Gasteiger partial charge is 0.344 e. The van der Waals surface area contributed by atoms with Crippen LogP contribution in [0, 0.1) is 5.41 Å². The molecule has 6 nitrogen and oxygen atoms in total. The molecule has 1 aromatic heterocycles. The Morgan fingerprint density at radius 2 is 2.23 bits per heavy atom. The van der Waals surface area contributed by atoms with Gasteiger partial charge in [-0.3, -0.25) is 9.69 Å². The molecular weight excluding hydrogens is 333 g/mol. The van der Waals surface area contributed by atoms with Gasteiger partial charge >= 0.3 is 0 Å². The van der Waals surface area contributed by atoms with E-state index in [9.17, 15) is 9.18 Å². The Morgan fingerprint density at radius 3 is 2.77 bits per heavy atom. The van der Waals surface area contributed by atoms with Gasteiger partial charge in [0.2, 0.25) is 5.91 Å². The highest BCUT2D eigenvalue weighted by atomic mass is 19.1. The lowest BCUT2D eigenvalue weighted by molar-refractivity contribution is -0.132. The zero-order valence-corrected chi connectivity index (χ0v) is 15.7. The molecule has 0 radical (unpaired) electrons. The van der Waals surface area contributed by atoms with Crippen molar-refractivity contribution < 1.29 is 9.18 Å². The van der Waals surface area contributed by atoms with E-state index in [1.807, 2.05) is 42.8 Å². The van der Waals surface area contributed by atoms with Crippen LogP contribution in [0.4, 0.5) is 10.2 Å². The number of nitrogens with zero attached hydrogens (tertiary/aromatic N) is 3. The molecule has 0 saturated carbocycles. The molecule has 0 bridgehead atoms. The van der Waals surface area contributed by atoms with E-state index in [1.54, 1.807) is 12.3 Å². The number of nitrogens with one attached hydrogen (secondary N) is 2. The molecule has 0 aromatic carbocycles. The highest BCUT2D eigenvalue weighted by Gasteiger charge is 2.18. The molecular formula is C19H28FN5O. The van der Waals surface area contributed by atoms with Crippen LogP contribution in [0.1, 0.15) is 31.9 Å². The lowest BCUT2D eigenvalue weighted by Gasteiger charge is -2.28. The standard InChI is InChI=1S/C19H28FN5O/c1-5-7-10-25(6-2)19(26)14-24(4)15(3)16-8-9-18(22-12-16)23-13-17(20)11-21/h5,8-9,11-13,15,21H,1,6-7,10,14H2,2-4H3,(H,22,23)/b17-13+,21-11?/t15-/m0/s1. The smallest absolute Gasteiger partial charge is 0.236 e. The lowest BCUT2D eigenvalue weighted by atomic mass is 10.1. The predicted molar refractivity (Wildman–Crippen MR) is 104 cm³/mol. The van der Waals surface area contributed by atoms with Crippen LogP contribution in [0.5, 0.6) is 0 Å². The number of halogens is 1. The number of hydrogen-bond acceptors (Lipinski definition) is 5. The van der Waals surface area contributed by atoms with Gasteiger partial charge in [0.15, 0.2) is 5.83 Å². The Labute approximate surface area is 154 Å². The Morgan fingerprint density at radius 1 is 1.50 bits per heavy atom. The molecule has 0 aliphatic rings. The summed E-state index contributed by atoms with van der Waals surface area (Å²) in [4.78, 5) is 20.4. The molecule has 2 N–H and O–H groups in total. The Bertz CT molecular complexity index is 629. The third kappa shape index (κ3) is 6.76. The molecule has 0 unspecified atom stereocenters. The topological polar surface area (TPSA) is 72.3 Å². The number of likely N-dealkylation sites (N-methyl/N-ethyl adjacent to an activating group) is 2. The summed E-state index contributed by atoms with van der Waals surface area (Å²) >= 11 is 0. The van der Waals surface area contributed by atoms with Gasteiger partial charge in [0.05, 0.1) is 12.8 Å². The van der Waals surface area contributed by atoms with Crippen molar-refractivity contribution in [3.63, 3.8) is 0 Å². The summed E-state index contributed by atoms with van der Waals surface area (Å²) < 4.78 is 12.9. The molecule has 1 amide bonds. The minimum Gasteiger partial charge on any atom is -0.344 e. The SMILES string of the molecule is C=CCCN(CC)C(=O)CN(C)[C@@H](C)c1ccc(N/C=C(/F)C=N)nc1. The summed E-state index contributed by atoms with van der Waals surface area (Å²) in [7, 11) is 1.90. The molecule has 7 heteroatoms. The summed E-state index contributed by atoms with van der Waals surface area (Å²) in [6.45, 7) is 9.35. The summed E-state index contributed by atoms with van der Waals surface area (Å²) in [5.74, 6) is -0.111. The average Bonchev–Trinajstić information content (AvgIpc) is 2.66. The fraction of sp³-hybridized carbons (Fsp3) is 0.421. The fourth-order valence-corrected chi connectivity index (χ4v) is 2.33. The zero-order valence-electron chi connectivity index (χ0n) is 15.7. The first-order chi connectivity index (χ1) is 12.4. The van der Waals surface area contributed by atoms with Crippen molar-refractivity contribution in [1.29, 1.82) is 5.41 Å². The van der Waals surface area contributed by atoms with Crippen molar-refractivity contribution in [3.05, 3.63) is 48.6 Å². The van der Waals surface area contributed by atoms with E-state index in [4.69, 9.17) is 5.41 Å². The second-order valence-corrected chi connectivity index (χ2v) is 5.94. The summed E-state index contributed by atoms with van der Waals surface area (Å²) in [5, 5.41) is 9.46. The molecule has 26 heavy (non-hydrogen) atoms. The van der Waals surface area contributed by atoms with Crippen molar-refractivity contribution in [1.82, 2.24) is 14.8 Å². The minimum atomic E-state index is -0.681. The maximum Gasteiger partial charge on any atom is 0.236 e. The molecule has 1 heterocycles. The molecule has 0 spiro atoms. The van der Waals surface area contributed by atoms with E-state index in [0.717, 1.165) is 18.2 Å². The first-order valence-electron chi connectivity index (χ1n) is 8.60. The predicted octanol–water partition coefficient (Wildman–Crippen LogP) is 3.37. The van der Waals surface area contributed by atoms with Gasteiger partial charge < -0.3 is 15.6 Å². The van der Waals surface area contributed by atoms with E-state index in [1.165, 1.54) is 0 Å². The van der Waals surface area contributed by atoms with Gasteiger partial charge in [0.1, 0.15) is 5.82 Å². The number of rotatable bonds is 11. The van der Waals surface area contributed by atoms with Gasteiger partial charge in [-0.05, 0) is 38.9 Å². The zero-order chi connectivity index (χ0) is 19.5. The monoisotopic (exact) mass is 361 g/mol. The van der Waals surface area contributed by atoms with Crippen LogP contribution in [0.15, 0.2) is 43.0 Å². The van der Waals surface area contributed by atoms with E-state index >= 15 is 0 Å². The molecule has 0 aliphatic carbocycles. The van der Waals surface area contributed by atoms with E-state index in [2.05, 4.69) is 16.9 Å². The van der Waals surface area contributed by atoms with E-state index < -0.39 is 5.83 Å². The van der Waals surface area contributed by atoms with Gasteiger partial charge in [-0.15, -0.1) is 6.58 Å². The summed E-state index contributed by atoms with van der Waals surface area (Å²) in [5.41, 5.74) is 0.955. The van der Waals surface area contributed by atoms with Gasteiger partial charge in [0.25, 0.3) is 0 Å². The van der Waals surface area contributed by atoms with Crippen LogP contribution in [0.3, 0.4) is 0 Å². The number of pyridine rings is 1. The van der Waals surface area contributed by atoms with Crippen molar-refractivity contribution in [2.45, 2.75) is 26.3 Å². The number of carbonyl (C=O) groups is 1. The van der Waals surface area contributed by atoms with Crippen molar-refractivity contribution in [3.8, 4) is 0 Å². The normalized spacial score (nSPS) is 12.6. The van der Waals surface area contributed by atoms with E-state index in [0.29, 0.717) is 31.7 Å². The van der Waals surface area contributed by atoms with Crippen molar-refractivity contribution in [2.24, 2.45) is 0 Å². The van der Waals surface area contributed by atoms with Gasteiger partial charge in [-0.1, -0.05) is 12.1 Å². The Kier molecular flexibility index (Phi) is 9.22. The number of aromatic nitrogens is 1. The van der Waals surface area contributed by atoms with E-state index in [-0.39, 0.29) is 11.9 Å². The van der Waals surface area contributed by atoms with Crippen LogP contribution < -0.4 is 5.32 Å². The minimum absolute atomic E-state index is 0.00691. The molecule has 0 aliphatic heterocycles. The third-order valence-corrected chi connectivity index (χ3v) is 4.15. The number of carbonyl (C=O) groups excluding carboxylic acids is 1. The molecule has 142 valence electrons. The summed E-state index contributed by atoms with van der Waals surface area (Å²) in [6, 6.07) is 3.62. The van der Waals surface area contributed by atoms with Crippen LogP contribution in [0.2, 0.25) is 0 Å². The molecule has 1 aromatic rings. The van der Waals surface area contributed by atoms with Gasteiger partial charge in [-0.25, -0.2) is 9.37 Å². The van der Waals surface area contributed by atoms with Crippen LogP contribution >= 0.6 is 0 Å². The molecule has 1 rings (SSSR count). The second kappa shape index (κ2) is 11.1.